The van der Waals surface area contributed by atoms with Crippen LogP contribution in [0.25, 0.3) is 5.65 Å². The van der Waals surface area contributed by atoms with E-state index in [-0.39, 0.29) is 60.7 Å². The molecule has 1 atom stereocenters. The summed E-state index contributed by atoms with van der Waals surface area (Å²) in [4.78, 5) is 75.6. The SMILES string of the molecule is CC(C)c1cnn2c(NCc3ccc(NC(=O)CCCCOc4cccc5c4C(=O)N(C4CCC(=O)NC4=O)C5=O)cc3)nc(OC3CCN(C)CC3)nc12. The number of piperidine rings is 2. The van der Waals surface area contributed by atoms with Gasteiger partial charge in [-0.2, -0.15) is 19.6 Å². The Kier molecular flexibility index (Phi) is 11.0. The highest BCUT2D eigenvalue weighted by Crippen LogP contribution is 2.34. The number of anilines is 2. The van der Waals surface area contributed by atoms with Gasteiger partial charge in [-0.25, -0.2) is 0 Å². The van der Waals surface area contributed by atoms with Crippen molar-refractivity contribution in [2.24, 2.45) is 0 Å². The van der Waals surface area contributed by atoms with Crippen molar-refractivity contribution in [3.05, 3.63) is 70.9 Å². The minimum absolute atomic E-state index is 0.0417. The molecule has 3 N–H and O–H groups in total. The van der Waals surface area contributed by atoms with Crippen LogP contribution in [0.3, 0.4) is 0 Å². The lowest BCUT2D eigenvalue weighted by Gasteiger charge is -2.28. The molecule has 2 fully saturated rings. The van der Waals surface area contributed by atoms with E-state index >= 15 is 0 Å². The zero-order chi connectivity index (χ0) is 38.6. The second-order valence-corrected chi connectivity index (χ2v) is 14.5. The number of ether oxygens (including phenoxy) is 2. The molecule has 0 saturated carbocycles. The fourth-order valence-corrected chi connectivity index (χ4v) is 6.99. The first-order chi connectivity index (χ1) is 26.5. The molecule has 4 aromatic rings. The van der Waals surface area contributed by atoms with Gasteiger partial charge in [0.1, 0.15) is 17.9 Å². The monoisotopic (exact) mass is 751 g/mol. The molecule has 0 radical (unpaired) electrons. The Morgan fingerprint density at radius 2 is 1.76 bits per heavy atom. The third-order valence-corrected chi connectivity index (χ3v) is 10.1. The number of benzene rings is 2. The lowest BCUT2D eigenvalue weighted by molar-refractivity contribution is -0.136. The van der Waals surface area contributed by atoms with Gasteiger partial charge in [0.15, 0.2) is 5.65 Å². The number of rotatable bonds is 14. The second kappa shape index (κ2) is 16.2. The Morgan fingerprint density at radius 3 is 2.51 bits per heavy atom. The molecule has 55 heavy (non-hydrogen) atoms. The number of aromatic nitrogens is 4. The Balaban J connectivity index is 0.883. The van der Waals surface area contributed by atoms with Crippen LogP contribution in [0, 0.1) is 0 Å². The van der Waals surface area contributed by atoms with Gasteiger partial charge in [0.25, 0.3) is 11.8 Å². The van der Waals surface area contributed by atoms with Crippen LogP contribution < -0.4 is 25.4 Å². The van der Waals surface area contributed by atoms with Crippen LogP contribution in [0.15, 0.2) is 48.7 Å². The van der Waals surface area contributed by atoms with Crippen molar-refractivity contribution in [2.45, 2.75) is 83.4 Å². The van der Waals surface area contributed by atoms with Gasteiger partial charge >= 0.3 is 6.01 Å². The zero-order valence-corrected chi connectivity index (χ0v) is 31.2. The van der Waals surface area contributed by atoms with Crippen LogP contribution in [0.4, 0.5) is 11.6 Å². The maximum Gasteiger partial charge on any atom is 0.322 e. The maximum absolute atomic E-state index is 13.3. The summed E-state index contributed by atoms with van der Waals surface area (Å²) in [7, 11) is 2.11. The standard InChI is InChI=1S/C39H45N9O7/c1-23(2)28-22-41-48-34(28)44-39(55-26-16-18-46(3)19-17-26)45-38(48)40-21-24-10-12-25(13-11-24)42-31(49)9-4-5-20-54-30-8-6-7-27-33(30)37(53)47(36(27)52)29-14-15-32(50)43-35(29)51/h6-8,10-13,22-23,26,29H,4-5,9,14-21H2,1-3H3,(H,42,49)(H,40,44,45)(H,43,50,51). The van der Waals surface area contributed by atoms with Crippen LogP contribution >= 0.6 is 0 Å². The number of nitrogens with zero attached hydrogens (tertiary/aromatic N) is 6. The molecule has 16 nitrogen and oxygen atoms in total. The molecular weight excluding hydrogens is 706 g/mol. The number of likely N-dealkylation sites (tertiary alicyclic amines) is 1. The quantitative estimate of drug-likeness (QED) is 0.125. The minimum Gasteiger partial charge on any atom is -0.493 e. The van der Waals surface area contributed by atoms with Gasteiger partial charge in [0, 0.05) is 43.7 Å². The summed E-state index contributed by atoms with van der Waals surface area (Å²) in [5, 5.41) is 13.1. The summed E-state index contributed by atoms with van der Waals surface area (Å²) in [5.41, 5.74) is 3.63. The van der Waals surface area contributed by atoms with Crippen LogP contribution in [0.2, 0.25) is 0 Å². The highest BCUT2D eigenvalue weighted by Gasteiger charge is 2.46. The smallest absolute Gasteiger partial charge is 0.322 e. The van der Waals surface area contributed by atoms with Crippen LogP contribution in [-0.2, 0) is 20.9 Å². The molecule has 5 heterocycles. The predicted octanol–water partition coefficient (Wildman–Crippen LogP) is 3.92. The Bertz CT molecular complexity index is 2110. The number of imide groups is 2. The van der Waals surface area contributed by atoms with E-state index < -0.39 is 29.7 Å². The van der Waals surface area contributed by atoms with Crippen molar-refractivity contribution in [1.29, 1.82) is 0 Å². The van der Waals surface area contributed by atoms with Crippen molar-refractivity contribution in [3.8, 4) is 11.8 Å². The van der Waals surface area contributed by atoms with E-state index in [0.717, 1.165) is 42.0 Å². The Hall–Kier alpha value is -5.90. The molecule has 2 aromatic heterocycles. The highest BCUT2D eigenvalue weighted by atomic mass is 16.5. The summed E-state index contributed by atoms with van der Waals surface area (Å²) >= 11 is 0. The molecule has 0 aliphatic carbocycles. The molecule has 288 valence electrons. The van der Waals surface area contributed by atoms with Crippen LogP contribution in [0.1, 0.15) is 96.6 Å². The largest absolute Gasteiger partial charge is 0.493 e. The van der Waals surface area contributed by atoms with Crippen molar-refractivity contribution in [2.75, 3.05) is 37.4 Å². The molecule has 0 spiro atoms. The van der Waals surface area contributed by atoms with E-state index in [1.165, 1.54) is 6.07 Å². The maximum atomic E-state index is 13.3. The fourth-order valence-electron chi connectivity index (χ4n) is 6.99. The molecular formula is C39H45N9O7. The Morgan fingerprint density at radius 1 is 0.982 bits per heavy atom. The average Bonchev–Trinajstić information content (AvgIpc) is 3.71. The summed E-state index contributed by atoms with van der Waals surface area (Å²) in [6.45, 7) is 6.82. The summed E-state index contributed by atoms with van der Waals surface area (Å²) in [6, 6.07) is 11.6. The van der Waals surface area contributed by atoms with E-state index in [4.69, 9.17) is 14.5 Å². The minimum atomic E-state index is -1.05. The summed E-state index contributed by atoms with van der Waals surface area (Å²) < 4.78 is 13.8. The number of fused-ring (bicyclic) bond motifs is 2. The van der Waals surface area contributed by atoms with Crippen molar-refractivity contribution >= 4 is 46.8 Å². The van der Waals surface area contributed by atoms with Crippen molar-refractivity contribution in [1.82, 2.24) is 34.7 Å². The first-order valence-electron chi connectivity index (χ1n) is 18.8. The first-order valence-corrected chi connectivity index (χ1v) is 18.8. The van der Waals surface area contributed by atoms with Crippen LogP contribution in [0.5, 0.6) is 11.8 Å². The van der Waals surface area contributed by atoms with E-state index in [0.29, 0.717) is 42.7 Å². The highest BCUT2D eigenvalue weighted by molar-refractivity contribution is 6.24. The third kappa shape index (κ3) is 8.28. The number of carbonyl (C=O) groups excluding carboxylic acids is 5. The zero-order valence-electron chi connectivity index (χ0n) is 31.2. The molecule has 16 heteroatoms. The normalized spacial score (nSPS) is 17.8. The fraction of sp³-hybridized carbons (Fsp3) is 0.436. The molecule has 7 rings (SSSR count). The number of carbonyl (C=O) groups is 5. The lowest BCUT2D eigenvalue weighted by atomic mass is 10.0. The topological polar surface area (TPSA) is 189 Å². The summed E-state index contributed by atoms with van der Waals surface area (Å²) in [5.74, 6) is -1.47. The third-order valence-electron chi connectivity index (χ3n) is 10.1. The van der Waals surface area contributed by atoms with Gasteiger partial charge in [-0.15, -0.1) is 0 Å². The van der Waals surface area contributed by atoms with Crippen molar-refractivity contribution in [3.63, 3.8) is 0 Å². The van der Waals surface area contributed by atoms with Crippen molar-refractivity contribution < 1.29 is 33.4 Å². The average molecular weight is 752 g/mol. The molecule has 2 saturated heterocycles. The number of amides is 5. The number of hydrogen-bond acceptors (Lipinski definition) is 12. The Labute approximate surface area is 318 Å². The number of hydrogen-bond donors (Lipinski definition) is 3. The molecule has 5 amide bonds. The van der Waals surface area contributed by atoms with E-state index in [2.05, 4.69) is 51.8 Å². The van der Waals surface area contributed by atoms with Crippen LogP contribution in [-0.4, -0.2) is 97.8 Å². The molecule has 2 aromatic carbocycles. The van der Waals surface area contributed by atoms with E-state index in [1.807, 2.05) is 30.5 Å². The molecule has 3 aliphatic rings. The van der Waals surface area contributed by atoms with E-state index in [9.17, 15) is 24.0 Å². The van der Waals surface area contributed by atoms with Gasteiger partial charge < -0.3 is 25.0 Å². The molecule has 1 unspecified atom stereocenters. The van der Waals surface area contributed by atoms with Gasteiger partial charge in [-0.1, -0.05) is 32.0 Å². The molecule has 3 aliphatic heterocycles. The number of unbranched alkanes of at least 4 members (excludes halogenated alkanes) is 1. The van der Waals surface area contributed by atoms with Gasteiger partial charge in [-0.05, 0) is 74.9 Å². The summed E-state index contributed by atoms with van der Waals surface area (Å²) in [6.07, 6.45) is 5.14. The predicted molar refractivity (Wildman–Crippen MR) is 201 cm³/mol. The lowest BCUT2D eigenvalue weighted by Crippen LogP contribution is -2.54. The van der Waals surface area contributed by atoms with Gasteiger partial charge in [-0.3, -0.25) is 34.2 Å². The number of nitrogens with one attached hydrogen (secondary N) is 3. The van der Waals surface area contributed by atoms with Gasteiger partial charge in [0.2, 0.25) is 23.7 Å². The van der Waals surface area contributed by atoms with E-state index in [1.54, 1.807) is 16.6 Å². The second-order valence-electron chi connectivity index (χ2n) is 14.5. The van der Waals surface area contributed by atoms with Gasteiger partial charge in [0.05, 0.1) is 23.9 Å². The first kappa shape index (κ1) is 37.4. The molecule has 0 bridgehead atoms.